The van der Waals surface area contributed by atoms with Crippen molar-refractivity contribution in [3.63, 3.8) is 0 Å². The molecule has 29 heavy (non-hydrogen) atoms. The van der Waals surface area contributed by atoms with Gasteiger partial charge in [0.25, 0.3) is 5.56 Å². The lowest BCUT2D eigenvalue weighted by molar-refractivity contribution is -0.119. The molecule has 9 heteroatoms. The number of anilines is 2. The summed E-state index contributed by atoms with van der Waals surface area (Å²) in [6, 6.07) is 5.76. The molecule has 0 saturated heterocycles. The molecule has 1 amide bonds. The molecule has 0 aromatic carbocycles. The number of aromatic nitrogens is 3. The number of hydrogen-bond acceptors (Lipinski definition) is 7. The van der Waals surface area contributed by atoms with Crippen molar-refractivity contribution >= 4 is 28.7 Å². The van der Waals surface area contributed by atoms with Crippen LogP contribution in [0.2, 0.25) is 0 Å². The zero-order valence-electron chi connectivity index (χ0n) is 16.7. The largest absolute Gasteiger partial charge is 0.396 e. The molecule has 3 rings (SSSR count). The second kappa shape index (κ2) is 8.87. The molecule has 0 saturated carbocycles. The summed E-state index contributed by atoms with van der Waals surface area (Å²) in [5, 5.41) is 7.72. The molecular formula is C20H24N6O2S. The van der Waals surface area contributed by atoms with Gasteiger partial charge in [-0.25, -0.2) is 9.97 Å². The fraction of sp³-hybridized carbons (Fsp3) is 0.300. The second-order valence-electron chi connectivity index (χ2n) is 6.64. The van der Waals surface area contributed by atoms with Gasteiger partial charge >= 0.3 is 0 Å². The number of nitrogens with one attached hydrogen (secondary N) is 2. The number of likely N-dealkylation sites (N-methyl/N-ethyl adjacent to an activating group) is 1. The first-order chi connectivity index (χ1) is 13.9. The minimum absolute atomic E-state index is 0.128. The molecule has 0 aliphatic rings. The molecule has 0 bridgehead atoms. The van der Waals surface area contributed by atoms with Crippen molar-refractivity contribution in [3.05, 3.63) is 62.0 Å². The number of nitrogens with two attached hydrogens (primary N) is 1. The Morgan fingerprint density at radius 1 is 1.34 bits per heavy atom. The summed E-state index contributed by atoms with van der Waals surface area (Å²) in [4.78, 5) is 34.7. The van der Waals surface area contributed by atoms with Gasteiger partial charge in [0.1, 0.15) is 0 Å². The van der Waals surface area contributed by atoms with Gasteiger partial charge in [-0.2, -0.15) is 0 Å². The van der Waals surface area contributed by atoms with Crippen LogP contribution in [0.4, 0.5) is 11.5 Å². The minimum Gasteiger partial charge on any atom is -0.396 e. The Morgan fingerprint density at radius 3 is 2.83 bits per heavy atom. The van der Waals surface area contributed by atoms with Crippen molar-refractivity contribution < 1.29 is 4.79 Å². The van der Waals surface area contributed by atoms with Crippen LogP contribution in [0.5, 0.6) is 0 Å². The Kier molecular flexibility index (Phi) is 6.28. The monoisotopic (exact) mass is 412 g/mol. The van der Waals surface area contributed by atoms with Crippen LogP contribution >= 0.6 is 11.3 Å². The van der Waals surface area contributed by atoms with E-state index in [1.807, 2.05) is 11.4 Å². The van der Waals surface area contributed by atoms with E-state index in [4.69, 9.17) is 5.73 Å². The molecule has 0 fully saturated rings. The minimum atomic E-state index is -0.311. The number of amides is 1. The number of pyridine rings is 1. The molecule has 4 N–H and O–H groups in total. The van der Waals surface area contributed by atoms with Gasteiger partial charge in [0.15, 0.2) is 11.6 Å². The Morgan fingerprint density at radius 2 is 2.14 bits per heavy atom. The molecule has 0 radical (unpaired) electrons. The lowest BCUT2D eigenvalue weighted by Gasteiger charge is -2.15. The van der Waals surface area contributed by atoms with Crippen LogP contribution in [0.15, 0.2) is 34.6 Å². The number of carbonyl (C=O) groups excluding carboxylic acids is 1. The van der Waals surface area contributed by atoms with E-state index < -0.39 is 0 Å². The summed E-state index contributed by atoms with van der Waals surface area (Å²) in [5.74, 6) is 0.464. The first-order valence-electron chi connectivity index (χ1n) is 9.22. The van der Waals surface area contributed by atoms with Gasteiger partial charge in [-0.05, 0) is 43.3 Å². The standard InChI is InChI=1S/C20H24N6O2S/c1-12-11-24-18(23-7-6-15-5-4-8-29-15)20(28)26(12)19-16(21)9-14(13(2)25-19)10-17(27)22-3/h4-5,8-9,11H,6-7,10,21H2,1-3H3,(H,22,27)(H,23,24). The average molecular weight is 413 g/mol. The maximum Gasteiger partial charge on any atom is 0.299 e. The number of rotatable bonds is 7. The zero-order valence-corrected chi connectivity index (χ0v) is 17.5. The normalized spacial score (nSPS) is 10.7. The van der Waals surface area contributed by atoms with Gasteiger partial charge in [0.2, 0.25) is 5.91 Å². The van der Waals surface area contributed by atoms with Crippen molar-refractivity contribution in [2.75, 3.05) is 24.6 Å². The van der Waals surface area contributed by atoms with E-state index in [2.05, 4.69) is 26.7 Å². The average Bonchev–Trinajstić information content (AvgIpc) is 3.20. The summed E-state index contributed by atoms with van der Waals surface area (Å²) < 4.78 is 1.45. The number of nitrogen functional groups attached to an aromatic ring is 1. The van der Waals surface area contributed by atoms with Crippen LogP contribution in [0.1, 0.15) is 21.8 Å². The van der Waals surface area contributed by atoms with E-state index in [0.29, 0.717) is 29.4 Å². The van der Waals surface area contributed by atoms with Crippen LogP contribution in [-0.4, -0.2) is 34.0 Å². The predicted molar refractivity (Wildman–Crippen MR) is 116 cm³/mol. The van der Waals surface area contributed by atoms with Crippen LogP contribution < -0.4 is 21.9 Å². The molecular weight excluding hydrogens is 388 g/mol. The molecule has 0 aliphatic carbocycles. The van der Waals surface area contributed by atoms with Crippen molar-refractivity contribution in [2.24, 2.45) is 0 Å². The Bertz CT molecular complexity index is 1080. The third-order valence-electron chi connectivity index (χ3n) is 4.55. The highest BCUT2D eigenvalue weighted by atomic mass is 32.1. The summed E-state index contributed by atoms with van der Waals surface area (Å²) in [6.07, 6.45) is 2.60. The summed E-state index contributed by atoms with van der Waals surface area (Å²) in [7, 11) is 1.58. The highest BCUT2D eigenvalue weighted by Crippen LogP contribution is 2.20. The SMILES string of the molecule is CNC(=O)Cc1cc(N)c(-n2c(C)cnc(NCCc3cccs3)c2=O)nc1C. The number of nitrogens with zero attached hydrogens (tertiary/aromatic N) is 3. The molecule has 3 heterocycles. The van der Waals surface area contributed by atoms with Crippen molar-refractivity contribution in [1.82, 2.24) is 19.9 Å². The van der Waals surface area contributed by atoms with E-state index in [1.54, 1.807) is 44.5 Å². The number of aryl methyl sites for hydroxylation is 2. The molecule has 0 unspecified atom stereocenters. The van der Waals surface area contributed by atoms with E-state index in [1.165, 1.54) is 9.44 Å². The molecule has 0 atom stereocenters. The Hall–Kier alpha value is -3.20. The molecule has 8 nitrogen and oxygen atoms in total. The van der Waals surface area contributed by atoms with Gasteiger partial charge in [0, 0.05) is 36.1 Å². The highest BCUT2D eigenvalue weighted by Gasteiger charge is 2.16. The number of thiophene rings is 1. The van der Waals surface area contributed by atoms with Crippen LogP contribution in [-0.2, 0) is 17.6 Å². The van der Waals surface area contributed by atoms with Crippen LogP contribution in [0, 0.1) is 13.8 Å². The summed E-state index contributed by atoms with van der Waals surface area (Å²) in [5.41, 5.74) is 8.21. The van der Waals surface area contributed by atoms with E-state index in [9.17, 15) is 9.59 Å². The quantitative estimate of drug-likeness (QED) is 0.545. The zero-order chi connectivity index (χ0) is 21.0. The maximum absolute atomic E-state index is 13.0. The second-order valence-corrected chi connectivity index (χ2v) is 7.67. The first-order valence-corrected chi connectivity index (χ1v) is 10.1. The van der Waals surface area contributed by atoms with Crippen LogP contribution in [0.3, 0.4) is 0 Å². The van der Waals surface area contributed by atoms with E-state index in [-0.39, 0.29) is 23.7 Å². The third kappa shape index (κ3) is 4.62. The fourth-order valence-electron chi connectivity index (χ4n) is 2.95. The fourth-order valence-corrected chi connectivity index (χ4v) is 3.66. The predicted octanol–water partition coefficient (Wildman–Crippen LogP) is 1.83. The first kappa shape index (κ1) is 20.5. The Balaban J connectivity index is 1.90. The Labute approximate surface area is 172 Å². The van der Waals surface area contributed by atoms with Crippen LogP contribution in [0.25, 0.3) is 5.82 Å². The van der Waals surface area contributed by atoms with E-state index >= 15 is 0 Å². The maximum atomic E-state index is 13.0. The van der Waals surface area contributed by atoms with Gasteiger partial charge in [-0.1, -0.05) is 6.07 Å². The van der Waals surface area contributed by atoms with E-state index in [0.717, 1.165) is 12.0 Å². The third-order valence-corrected chi connectivity index (χ3v) is 5.49. The summed E-state index contributed by atoms with van der Waals surface area (Å²) in [6.45, 7) is 4.17. The van der Waals surface area contributed by atoms with Crippen molar-refractivity contribution in [2.45, 2.75) is 26.7 Å². The lowest BCUT2D eigenvalue weighted by atomic mass is 10.1. The van der Waals surface area contributed by atoms with Gasteiger partial charge in [-0.3, -0.25) is 14.2 Å². The topological polar surface area (TPSA) is 115 Å². The molecule has 152 valence electrons. The molecule has 0 aliphatic heterocycles. The number of carbonyl (C=O) groups is 1. The van der Waals surface area contributed by atoms with Crippen molar-refractivity contribution in [1.29, 1.82) is 0 Å². The molecule has 3 aromatic heterocycles. The van der Waals surface area contributed by atoms with Gasteiger partial charge in [-0.15, -0.1) is 11.3 Å². The molecule has 3 aromatic rings. The van der Waals surface area contributed by atoms with Gasteiger partial charge < -0.3 is 16.4 Å². The lowest BCUT2D eigenvalue weighted by Crippen LogP contribution is -2.28. The van der Waals surface area contributed by atoms with Crippen molar-refractivity contribution in [3.8, 4) is 5.82 Å². The summed E-state index contributed by atoms with van der Waals surface area (Å²) >= 11 is 1.68. The van der Waals surface area contributed by atoms with Gasteiger partial charge in [0.05, 0.1) is 12.1 Å². The number of hydrogen-bond donors (Lipinski definition) is 3. The highest BCUT2D eigenvalue weighted by molar-refractivity contribution is 7.09. The molecule has 0 spiro atoms. The smallest absolute Gasteiger partial charge is 0.299 e.